The smallest absolute Gasteiger partial charge is 0.274 e. The molecule has 6 heteroatoms. The highest BCUT2D eigenvalue weighted by molar-refractivity contribution is 5.77. The number of benzene rings is 1. The van der Waals surface area contributed by atoms with Crippen LogP contribution in [0.15, 0.2) is 18.2 Å². The maximum absolute atomic E-state index is 5.14. The lowest BCUT2D eigenvalue weighted by molar-refractivity contribution is 0.415. The molecule has 0 aliphatic carbocycles. The maximum Gasteiger partial charge on any atom is 0.274 e. The largest absolute Gasteiger partial charge is 0.497 e. The molecule has 2 aromatic heterocycles. The Morgan fingerprint density at radius 3 is 2.75 bits per heavy atom. The Morgan fingerprint density at radius 1 is 1.12 bits per heavy atom. The molecule has 0 radical (unpaired) electrons. The van der Waals surface area contributed by atoms with Crippen LogP contribution in [0.3, 0.4) is 0 Å². The van der Waals surface area contributed by atoms with Crippen molar-refractivity contribution in [2.75, 3.05) is 7.11 Å². The van der Waals surface area contributed by atoms with Gasteiger partial charge in [-0.3, -0.25) is 4.40 Å². The second kappa shape index (κ2) is 3.13. The highest BCUT2D eigenvalue weighted by atomic mass is 16.5. The van der Waals surface area contributed by atoms with Gasteiger partial charge >= 0.3 is 0 Å². The number of hydrogen-bond donors (Lipinski definition) is 0. The molecular formula is C10H9N5O. The van der Waals surface area contributed by atoms with Gasteiger partial charge in [0.1, 0.15) is 17.1 Å². The monoisotopic (exact) mass is 215 g/mol. The number of nitrogens with zero attached hydrogens (tertiary/aromatic N) is 5. The van der Waals surface area contributed by atoms with Gasteiger partial charge in [-0.15, -0.1) is 20.4 Å². The molecule has 0 spiro atoms. The van der Waals surface area contributed by atoms with Gasteiger partial charge in [-0.1, -0.05) is 0 Å². The molecule has 3 rings (SSSR count). The minimum Gasteiger partial charge on any atom is -0.497 e. The first-order chi connectivity index (χ1) is 7.79. The van der Waals surface area contributed by atoms with Gasteiger partial charge in [-0.2, -0.15) is 0 Å². The highest BCUT2D eigenvalue weighted by Gasteiger charge is 2.08. The molecule has 0 unspecified atom stereocenters. The third-order valence-corrected chi connectivity index (χ3v) is 2.48. The van der Waals surface area contributed by atoms with E-state index in [9.17, 15) is 0 Å². The van der Waals surface area contributed by atoms with E-state index in [1.54, 1.807) is 7.11 Å². The van der Waals surface area contributed by atoms with E-state index < -0.39 is 0 Å². The van der Waals surface area contributed by atoms with Gasteiger partial charge in [0, 0.05) is 6.07 Å². The van der Waals surface area contributed by atoms with Gasteiger partial charge in [-0.05, 0) is 19.1 Å². The number of hydrogen-bond acceptors (Lipinski definition) is 5. The summed E-state index contributed by atoms with van der Waals surface area (Å²) in [5.41, 5.74) is 1.68. The first-order valence-electron chi connectivity index (χ1n) is 4.82. The molecule has 0 amide bonds. The van der Waals surface area contributed by atoms with Crippen molar-refractivity contribution in [3.63, 3.8) is 0 Å². The second-order valence-electron chi connectivity index (χ2n) is 3.44. The van der Waals surface area contributed by atoms with Gasteiger partial charge < -0.3 is 4.74 Å². The SMILES string of the molecule is COc1ccc2c(c1)nnc1nnc(C)n12. The maximum atomic E-state index is 5.14. The van der Waals surface area contributed by atoms with Gasteiger partial charge in [0.15, 0.2) is 0 Å². The number of aryl methyl sites for hydroxylation is 1. The van der Waals surface area contributed by atoms with Crippen LogP contribution in [0.25, 0.3) is 16.8 Å². The third kappa shape index (κ3) is 1.13. The zero-order valence-electron chi connectivity index (χ0n) is 8.88. The fraction of sp³-hybridized carbons (Fsp3) is 0.200. The van der Waals surface area contributed by atoms with Crippen molar-refractivity contribution in [3.8, 4) is 5.75 Å². The average molecular weight is 215 g/mol. The van der Waals surface area contributed by atoms with E-state index >= 15 is 0 Å². The number of fused-ring (bicyclic) bond motifs is 3. The Balaban J connectivity index is 2.46. The molecule has 0 saturated carbocycles. The Kier molecular flexibility index (Phi) is 1.76. The Hall–Kier alpha value is -2.24. The van der Waals surface area contributed by atoms with Crippen LogP contribution in [0.5, 0.6) is 5.75 Å². The van der Waals surface area contributed by atoms with E-state index in [1.807, 2.05) is 29.5 Å². The summed E-state index contributed by atoms with van der Waals surface area (Å²) in [5.74, 6) is 2.06. The molecule has 0 aliphatic heterocycles. The molecule has 0 bridgehead atoms. The molecule has 3 aromatic rings. The van der Waals surface area contributed by atoms with Crippen LogP contribution >= 0.6 is 0 Å². The van der Waals surface area contributed by atoms with Crippen LogP contribution < -0.4 is 4.74 Å². The number of aromatic nitrogens is 5. The Labute approximate surface area is 90.9 Å². The van der Waals surface area contributed by atoms with Crippen molar-refractivity contribution < 1.29 is 4.74 Å². The van der Waals surface area contributed by atoms with E-state index in [4.69, 9.17) is 4.74 Å². The summed E-state index contributed by atoms with van der Waals surface area (Å²) in [6.07, 6.45) is 0. The molecular weight excluding hydrogens is 206 g/mol. The lowest BCUT2D eigenvalue weighted by atomic mass is 10.3. The van der Waals surface area contributed by atoms with Gasteiger partial charge in [0.2, 0.25) is 0 Å². The molecule has 0 atom stereocenters. The summed E-state index contributed by atoms with van der Waals surface area (Å²) in [4.78, 5) is 0. The number of methoxy groups -OCH3 is 1. The Morgan fingerprint density at radius 2 is 1.94 bits per heavy atom. The summed E-state index contributed by atoms with van der Waals surface area (Å²) in [7, 11) is 1.62. The molecule has 16 heavy (non-hydrogen) atoms. The third-order valence-electron chi connectivity index (χ3n) is 2.48. The first kappa shape index (κ1) is 9.02. The quantitative estimate of drug-likeness (QED) is 0.605. The van der Waals surface area contributed by atoms with E-state index in [-0.39, 0.29) is 0 Å². The summed E-state index contributed by atoms with van der Waals surface area (Å²) < 4.78 is 7.00. The van der Waals surface area contributed by atoms with Crippen molar-refractivity contribution in [1.29, 1.82) is 0 Å². The lowest BCUT2D eigenvalue weighted by Gasteiger charge is -2.03. The minimum absolute atomic E-state index is 0.509. The minimum atomic E-state index is 0.509. The fourth-order valence-electron chi connectivity index (χ4n) is 1.70. The zero-order chi connectivity index (χ0) is 11.1. The highest BCUT2D eigenvalue weighted by Crippen LogP contribution is 2.19. The van der Waals surface area contributed by atoms with Crippen LogP contribution in [-0.4, -0.2) is 31.9 Å². The van der Waals surface area contributed by atoms with Crippen molar-refractivity contribution in [2.45, 2.75) is 6.92 Å². The average Bonchev–Trinajstić information content (AvgIpc) is 2.70. The van der Waals surface area contributed by atoms with E-state index in [0.29, 0.717) is 5.78 Å². The topological polar surface area (TPSA) is 65.2 Å². The fourth-order valence-corrected chi connectivity index (χ4v) is 1.70. The molecule has 2 heterocycles. The molecule has 0 fully saturated rings. The summed E-state index contributed by atoms with van der Waals surface area (Å²) in [6.45, 7) is 1.88. The van der Waals surface area contributed by atoms with E-state index in [2.05, 4.69) is 20.4 Å². The van der Waals surface area contributed by atoms with Crippen LogP contribution in [-0.2, 0) is 0 Å². The van der Waals surface area contributed by atoms with Crippen molar-refractivity contribution in [2.24, 2.45) is 0 Å². The Bertz CT molecular complexity index is 675. The van der Waals surface area contributed by atoms with Gasteiger partial charge in [0.05, 0.1) is 12.6 Å². The molecule has 1 aromatic carbocycles. The molecule has 0 saturated heterocycles. The van der Waals surface area contributed by atoms with Gasteiger partial charge in [0.25, 0.3) is 5.78 Å². The van der Waals surface area contributed by atoms with Crippen LogP contribution in [0, 0.1) is 6.92 Å². The van der Waals surface area contributed by atoms with Gasteiger partial charge in [-0.25, -0.2) is 0 Å². The number of rotatable bonds is 1. The second-order valence-corrected chi connectivity index (χ2v) is 3.44. The summed E-state index contributed by atoms with van der Waals surface area (Å²) >= 11 is 0. The van der Waals surface area contributed by atoms with Crippen LogP contribution in [0.1, 0.15) is 5.82 Å². The van der Waals surface area contributed by atoms with Crippen molar-refractivity contribution >= 4 is 16.8 Å². The van der Waals surface area contributed by atoms with E-state index in [1.165, 1.54) is 0 Å². The molecule has 80 valence electrons. The normalized spacial score (nSPS) is 11.1. The molecule has 0 N–H and O–H groups in total. The predicted molar refractivity (Wildman–Crippen MR) is 57.4 cm³/mol. The molecule has 0 aliphatic rings. The predicted octanol–water partition coefficient (Wildman–Crippen LogP) is 0.990. The number of ether oxygens (including phenoxy) is 1. The van der Waals surface area contributed by atoms with Crippen LogP contribution in [0.2, 0.25) is 0 Å². The van der Waals surface area contributed by atoms with E-state index in [0.717, 1.165) is 22.6 Å². The lowest BCUT2D eigenvalue weighted by Crippen LogP contribution is -1.97. The van der Waals surface area contributed by atoms with Crippen molar-refractivity contribution in [1.82, 2.24) is 24.8 Å². The van der Waals surface area contributed by atoms with Crippen LogP contribution in [0.4, 0.5) is 0 Å². The summed E-state index contributed by atoms with van der Waals surface area (Å²) in [6, 6.07) is 5.64. The molecule has 6 nitrogen and oxygen atoms in total. The van der Waals surface area contributed by atoms with Crippen molar-refractivity contribution in [3.05, 3.63) is 24.0 Å². The standard InChI is InChI=1S/C10H9N5O/c1-6-11-13-10-14-12-8-5-7(16-2)3-4-9(8)15(6)10/h3-5H,1-2H3. The first-order valence-corrected chi connectivity index (χ1v) is 4.82. The summed E-state index contributed by atoms with van der Waals surface area (Å²) in [5, 5.41) is 16.0. The zero-order valence-corrected chi connectivity index (χ0v) is 8.88.